The predicted octanol–water partition coefficient (Wildman–Crippen LogP) is 2.46. The number of rotatable bonds is 5. The van der Waals surface area contributed by atoms with E-state index in [0.29, 0.717) is 25.0 Å². The summed E-state index contributed by atoms with van der Waals surface area (Å²) in [5.41, 5.74) is 0. The normalized spacial score (nSPS) is 21.0. The van der Waals surface area contributed by atoms with Crippen molar-refractivity contribution in [1.29, 1.82) is 0 Å². The number of aryl methyl sites for hydroxylation is 1. The fourth-order valence-electron chi connectivity index (χ4n) is 2.61. The number of hydrogen-bond donors (Lipinski definition) is 2. The minimum absolute atomic E-state index is 0.0187. The highest BCUT2D eigenvalue weighted by molar-refractivity contribution is 7.10. The molecule has 23 heavy (non-hydrogen) atoms. The Kier molecular flexibility index (Phi) is 4.97. The van der Waals surface area contributed by atoms with Gasteiger partial charge in [-0.05, 0) is 17.9 Å². The van der Waals surface area contributed by atoms with Gasteiger partial charge in [0, 0.05) is 30.2 Å². The summed E-state index contributed by atoms with van der Waals surface area (Å²) in [4.78, 5) is 24.9. The molecule has 0 aliphatic carbocycles. The van der Waals surface area contributed by atoms with Crippen molar-refractivity contribution < 1.29 is 14.1 Å². The van der Waals surface area contributed by atoms with Gasteiger partial charge in [0.2, 0.25) is 11.8 Å². The van der Waals surface area contributed by atoms with Gasteiger partial charge in [0.15, 0.2) is 5.15 Å². The Balaban J connectivity index is 1.58. The van der Waals surface area contributed by atoms with Crippen molar-refractivity contribution in [2.24, 2.45) is 0 Å². The molecule has 122 valence electrons. The summed E-state index contributed by atoms with van der Waals surface area (Å²) in [5, 5.41) is 11.8. The molecule has 0 radical (unpaired) electrons. The summed E-state index contributed by atoms with van der Waals surface area (Å²) < 4.78 is 4.98. The maximum Gasteiger partial charge on any atom is 0.220 e. The van der Waals surface area contributed by atoms with Crippen LogP contribution in [-0.4, -0.2) is 23.0 Å². The van der Waals surface area contributed by atoms with Crippen molar-refractivity contribution in [3.8, 4) is 0 Å². The molecular weight excluding hydrogens is 338 g/mol. The van der Waals surface area contributed by atoms with Gasteiger partial charge in [-0.15, -0.1) is 11.3 Å². The molecule has 3 rings (SSSR count). The summed E-state index contributed by atoms with van der Waals surface area (Å²) in [6, 6.07) is 5.24. The van der Waals surface area contributed by atoms with Gasteiger partial charge in [0.25, 0.3) is 0 Å². The molecule has 3 heterocycles. The molecule has 0 aromatic carbocycles. The van der Waals surface area contributed by atoms with E-state index in [9.17, 15) is 9.59 Å². The van der Waals surface area contributed by atoms with Crippen LogP contribution < -0.4 is 10.6 Å². The van der Waals surface area contributed by atoms with Crippen molar-refractivity contribution in [3.63, 3.8) is 0 Å². The molecule has 0 bridgehead atoms. The molecule has 2 aromatic heterocycles. The van der Waals surface area contributed by atoms with Crippen molar-refractivity contribution in [1.82, 2.24) is 15.8 Å². The largest absolute Gasteiger partial charge is 0.360 e. The zero-order chi connectivity index (χ0) is 16.2. The van der Waals surface area contributed by atoms with Crippen LogP contribution in [0.4, 0.5) is 0 Å². The summed E-state index contributed by atoms with van der Waals surface area (Å²) in [7, 11) is 0. The van der Waals surface area contributed by atoms with Gasteiger partial charge in [0.1, 0.15) is 5.76 Å². The van der Waals surface area contributed by atoms with Gasteiger partial charge >= 0.3 is 0 Å². The monoisotopic (exact) mass is 353 g/mol. The van der Waals surface area contributed by atoms with Gasteiger partial charge in [-0.3, -0.25) is 9.59 Å². The standard InChI is InChI=1S/C15H16ClN3O3S/c16-12-8-9(22-19-12)3-5-13(20)17-10-4-6-14(21)18-15(10)11-2-1-7-23-11/h1-2,7-8,10,15H,3-6H2,(H,17,20)(H,18,21)/t10-,15-/m1/s1. The van der Waals surface area contributed by atoms with E-state index in [0.717, 1.165) is 4.88 Å². The number of hydrogen-bond acceptors (Lipinski definition) is 5. The fourth-order valence-corrected chi connectivity index (χ4v) is 3.61. The Morgan fingerprint density at radius 1 is 1.57 bits per heavy atom. The van der Waals surface area contributed by atoms with Crippen LogP contribution in [0.1, 0.15) is 35.9 Å². The first-order valence-electron chi connectivity index (χ1n) is 7.35. The number of thiophene rings is 1. The van der Waals surface area contributed by atoms with E-state index >= 15 is 0 Å². The minimum Gasteiger partial charge on any atom is -0.360 e. The molecule has 1 saturated heterocycles. The Labute approximate surface area is 142 Å². The Morgan fingerprint density at radius 2 is 2.43 bits per heavy atom. The van der Waals surface area contributed by atoms with Crippen LogP contribution in [0.2, 0.25) is 5.15 Å². The van der Waals surface area contributed by atoms with Gasteiger partial charge in [-0.25, -0.2) is 0 Å². The number of carbonyl (C=O) groups is 2. The molecule has 2 atom stereocenters. The molecule has 1 aliphatic heterocycles. The highest BCUT2D eigenvalue weighted by Gasteiger charge is 2.31. The third kappa shape index (κ3) is 4.11. The average molecular weight is 354 g/mol. The topological polar surface area (TPSA) is 84.2 Å². The molecule has 0 unspecified atom stereocenters. The van der Waals surface area contributed by atoms with Crippen LogP contribution in [0.15, 0.2) is 28.1 Å². The van der Waals surface area contributed by atoms with E-state index in [4.69, 9.17) is 16.1 Å². The van der Waals surface area contributed by atoms with Gasteiger partial charge < -0.3 is 15.2 Å². The lowest BCUT2D eigenvalue weighted by Crippen LogP contribution is -2.49. The minimum atomic E-state index is -0.167. The summed E-state index contributed by atoms with van der Waals surface area (Å²) in [6.07, 6.45) is 1.78. The van der Waals surface area contributed by atoms with Crippen molar-refractivity contribution in [3.05, 3.63) is 39.4 Å². The van der Waals surface area contributed by atoms with Crippen LogP contribution in [-0.2, 0) is 16.0 Å². The lowest BCUT2D eigenvalue weighted by Gasteiger charge is -2.32. The van der Waals surface area contributed by atoms with Crippen LogP contribution in [0.5, 0.6) is 0 Å². The quantitative estimate of drug-likeness (QED) is 0.864. The number of amides is 2. The Bertz CT molecular complexity index is 686. The molecule has 2 N–H and O–H groups in total. The SMILES string of the molecule is O=C(CCc1cc(Cl)no1)N[C@@H]1CCC(=O)N[C@H]1c1cccs1. The Morgan fingerprint density at radius 3 is 3.13 bits per heavy atom. The van der Waals surface area contributed by atoms with E-state index in [1.165, 1.54) is 0 Å². The molecule has 8 heteroatoms. The number of carbonyl (C=O) groups excluding carboxylic acids is 2. The number of halogens is 1. The second kappa shape index (κ2) is 7.14. The lowest BCUT2D eigenvalue weighted by molar-refractivity contribution is -0.127. The average Bonchev–Trinajstić information content (AvgIpc) is 3.18. The summed E-state index contributed by atoms with van der Waals surface area (Å²) >= 11 is 7.25. The first kappa shape index (κ1) is 16.0. The third-order valence-electron chi connectivity index (χ3n) is 3.73. The molecule has 0 saturated carbocycles. The molecule has 0 spiro atoms. The number of aromatic nitrogens is 1. The summed E-state index contributed by atoms with van der Waals surface area (Å²) in [5.74, 6) is 0.516. The van der Waals surface area contributed by atoms with Gasteiger partial charge in [-0.2, -0.15) is 0 Å². The van der Waals surface area contributed by atoms with Crippen LogP contribution in [0.25, 0.3) is 0 Å². The fraction of sp³-hybridized carbons (Fsp3) is 0.400. The molecule has 1 aliphatic rings. The molecule has 2 aromatic rings. The third-order valence-corrected chi connectivity index (χ3v) is 4.86. The van der Waals surface area contributed by atoms with Gasteiger partial charge in [-0.1, -0.05) is 22.8 Å². The van der Waals surface area contributed by atoms with Crippen LogP contribution in [0, 0.1) is 0 Å². The van der Waals surface area contributed by atoms with Crippen molar-refractivity contribution in [2.75, 3.05) is 0 Å². The van der Waals surface area contributed by atoms with E-state index in [1.807, 2.05) is 17.5 Å². The highest BCUT2D eigenvalue weighted by atomic mass is 35.5. The highest BCUT2D eigenvalue weighted by Crippen LogP contribution is 2.27. The number of nitrogens with one attached hydrogen (secondary N) is 2. The van der Waals surface area contributed by atoms with E-state index in [2.05, 4.69) is 15.8 Å². The Hall–Kier alpha value is -1.86. The van der Waals surface area contributed by atoms with Gasteiger partial charge in [0.05, 0.1) is 12.1 Å². The van der Waals surface area contributed by atoms with E-state index in [1.54, 1.807) is 17.4 Å². The van der Waals surface area contributed by atoms with Crippen LogP contribution in [0.3, 0.4) is 0 Å². The number of nitrogens with zero attached hydrogens (tertiary/aromatic N) is 1. The van der Waals surface area contributed by atoms with Crippen LogP contribution >= 0.6 is 22.9 Å². The zero-order valence-corrected chi connectivity index (χ0v) is 13.8. The number of piperidine rings is 1. The van der Waals surface area contributed by atoms with E-state index in [-0.39, 0.29) is 35.5 Å². The smallest absolute Gasteiger partial charge is 0.220 e. The maximum absolute atomic E-state index is 12.2. The summed E-state index contributed by atoms with van der Waals surface area (Å²) in [6.45, 7) is 0. The first-order valence-corrected chi connectivity index (χ1v) is 8.61. The first-order chi connectivity index (χ1) is 11.1. The second-order valence-corrected chi connectivity index (χ2v) is 6.76. The van der Waals surface area contributed by atoms with E-state index < -0.39 is 0 Å². The predicted molar refractivity (Wildman–Crippen MR) is 86.2 cm³/mol. The maximum atomic E-state index is 12.2. The molecular formula is C15H16ClN3O3S. The second-order valence-electron chi connectivity index (χ2n) is 5.39. The van der Waals surface area contributed by atoms with Crippen molar-refractivity contribution >= 4 is 34.8 Å². The van der Waals surface area contributed by atoms with Crippen molar-refractivity contribution in [2.45, 2.75) is 37.8 Å². The molecule has 1 fully saturated rings. The molecule has 2 amide bonds. The zero-order valence-electron chi connectivity index (χ0n) is 12.3. The molecule has 6 nitrogen and oxygen atoms in total. The lowest BCUT2D eigenvalue weighted by atomic mass is 9.96.